The Bertz CT molecular complexity index is 396. The zero-order valence-corrected chi connectivity index (χ0v) is 9.19. The second kappa shape index (κ2) is 4.13. The fraction of sp³-hybridized carbons (Fsp3) is 0.222. The van der Waals surface area contributed by atoms with Gasteiger partial charge in [0.2, 0.25) is 0 Å². The van der Waals surface area contributed by atoms with Crippen LogP contribution >= 0.6 is 22.9 Å². The van der Waals surface area contributed by atoms with Gasteiger partial charge in [0.15, 0.2) is 0 Å². The summed E-state index contributed by atoms with van der Waals surface area (Å²) in [6.07, 6.45) is 1.74. The van der Waals surface area contributed by atoms with Gasteiger partial charge < -0.3 is 5.32 Å². The van der Waals surface area contributed by atoms with Gasteiger partial charge in [-0.05, 0) is 25.2 Å². The minimum Gasteiger partial charge on any atom is -0.307 e. The highest BCUT2D eigenvalue weighted by atomic mass is 35.5. The molecule has 0 spiro atoms. The first-order valence-corrected chi connectivity index (χ1v) is 5.42. The van der Waals surface area contributed by atoms with Gasteiger partial charge in [-0.1, -0.05) is 11.6 Å². The van der Waals surface area contributed by atoms with Crippen LogP contribution in [0.25, 0.3) is 0 Å². The summed E-state index contributed by atoms with van der Waals surface area (Å²) in [6.45, 7) is 0. The SMILES string of the molecule is CNC(c1ccn[nH]1)c1ccc(Cl)s1. The molecule has 2 rings (SSSR count). The molecular weight excluding hydrogens is 218 g/mol. The lowest BCUT2D eigenvalue weighted by molar-refractivity contribution is 0.679. The van der Waals surface area contributed by atoms with Crippen LogP contribution in [0.1, 0.15) is 16.6 Å². The van der Waals surface area contributed by atoms with Crippen LogP contribution in [0, 0.1) is 0 Å². The fourth-order valence-electron chi connectivity index (χ4n) is 1.36. The molecule has 0 aromatic carbocycles. The maximum Gasteiger partial charge on any atom is 0.0931 e. The van der Waals surface area contributed by atoms with Gasteiger partial charge in [0, 0.05) is 11.1 Å². The fourth-order valence-corrected chi connectivity index (χ4v) is 2.55. The number of aromatic nitrogens is 2. The van der Waals surface area contributed by atoms with Gasteiger partial charge in [-0.2, -0.15) is 5.10 Å². The predicted octanol–water partition coefficient (Wildman–Crippen LogP) is 2.43. The Morgan fingerprint density at radius 3 is 2.86 bits per heavy atom. The molecule has 1 unspecified atom stereocenters. The summed E-state index contributed by atoms with van der Waals surface area (Å²) in [4.78, 5) is 1.18. The molecule has 0 saturated carbocycles. The first kappa shape index (κ1) is 9.71. The van der Waals surface area contributed by atoms with Gasteiger partial charge in [-0.15, -0.1) is 11.3 Å². The Hall–Kier alpha value is -0.840. The smallest absolute Gasteiger partial charge is 0.0931 e. The van der Waals surface area contributed by atoms with E-state index in [0.717, 1.165) is 10.0 Å². The molecule has 3 nitrogen and oxygen atoms in total. The summed E-state index contributed by atoms with van der Waals surface area (Å²) >= 11 is 7.46. The monoisotopic (exact) mass is 227 g/mol. The Kier molecular flexibility index (Phi) is 2.86. The highest BCUT2D eigenvalue weighted by molar-refractivity contribution is 7.16. The van der Waals surface area contributed by atoms with E-state index in [1.807, 2.05) is 25.2 Å². The molecule has 2 aromatic rings. The van der Waals surface area contributed by atoms with Crippen LogP contribution in [0.2, 0.25) is 4.34 Å². The van der Waals surface area contributed by atoms with Crippen molar-refractivity contribution in [3.05, 3.63) is 39.3 Å². The molecule has 2 heterocycles. The zero-order valence-electron chi connectivity index (χ0n) is 7.62. The summed E-state index contributed by atoms with van der Waals surface area (Å²) in [5.74, 6) is 0. The minimum atomic E-state index is 0.148. The molecule has 0 radical (unpaired) electrons. The van der Waals surface area contributed by atoms with Crippen molar-refractivity contribution >= 4 is 22.9 Å². The number of nitrogens with one attached hydrogen (secondary N) is 2. The molecule has 0 aliphatic carbocycles. The third-order valence-corrected chi connectivity index (χ3v) is 3.30. The molecule has 14 heavy (non-hydrogen) atoms. The molecule has 0 aliphatic rings. The largest absolute Gasteiger partial charge is 0.307 e. The molecule has 74 valence electrons. The summed E-state index contributed by atoms with van der Waals surface area (Å²) in [6, 6.07) is 6.03. The predicted molar refractivity (Wildman–Crippen MR) is 58.8 cm³/mol. The Labute approximate surface area is 91.1 Å². The van der Waals surface area contributed by atoms with E-state index in [1.165, 1.54) is 4.88 Å². The molecule has 1 atom stereocenters. The van der Waals surface area contributed by atoms with E-state index >= 15 is 0 Å². The van der Waals surface area contributed by atoms with Gasteiger partial charge in [0.05, 0.1) is 16.1 Å². The van der Waals surface area contributed by atoms with Crippen LogP contribution < -0.4 is 5.32 Å². The second-order valence-corrected chi connectivity index (χ2v) is 4.62. The van der Waals surface area contributed by atoms with Crippen molar-refractivity contribution < 1.29 is 0 Å². The van der Waals surface area contributed by atoms with Crippen molar-refractivity contribution in [1.82, 2.24) is 15.5 Å². The van der Waals surface area contributed by atoms with Gasteiger partial charge in [-0.3, -0.25) is 5.10 Å². The number of nitrogens with zero attached hydrogens (tertiary/aromatic N) is 1. The van der Waals surface area contributed by atoms with Gasteiger partial charge in [0.25, 0.3) is 0 Å². The van der Waals surface area contributed by atoms with E-state index in [4.69, 9.17) is 11.6 Å². The minimum absolute atomic E-state index is 0.148. The number of halogens is 1. The lowest BCUT2D eigenvalue weighted by Crippen LogP contribution is -2.16. The number of aromatic amines is 1. The number of hydrogen-bond donors (Lipinski definition) is 2. The zero-order chi connectivity index (χ0) is 9.97. The highest BCUT2D eigenvalue weighted by Gasteiger charge is 2.14. The molecule has 2 aromatic heterocycles. The summed E-state index contributed by atoms with van der Waals surface area (Å²) in [7, 11) is 1.92. The van der Waals surface area contributed by atoms with Crippen LogP contribution in [-0.4, -0.2) is 17.2 Å². The third kappa shape index (κ3) is 1.82. The molecule has 0 bridgehead atoms. The first-order chi connectivity index (χ1) is 6.81. The first-order valence-electron chi connectivity index (χ1n) is 4.23. The van der Waals surface area contributed by atoms with E-state index in [1.54, 1.807) is 17.5 Å². The molecular formula is C9H10ClN3S. The van der Waals surface area contributed by atoms with Gasteiger partial charge in [-0.25, -0.2) is 0 Å². The average Bonchev–Trinajstić information content (AvgIpc) is 2.79. The average molecular weight is 228 g/mol. The number of hydrogen-bond acceptors (Lipinski definition) is 3. The number of rotatable bonds is 3. The quantitative estimate of drug-likeness (QED) is 0.846. The normalized spacial score (nSPS) is 13.0. The Balaban J connectivity index is 2.31. The van der Waals surface area contributed by atoms with Crippen LogP contribution in [-0.2, 0) is 0 Å². The van der Waals surface area contributed by atoms with Crippen molar-refractivity contribution in [2.45, 2.75) is 6.04 Å². The van der Waals surface area contributed by atoms with E-state index in [9.17, 15) is 0 Å². The Morgan fingerprint density at radius 2 is 2.36 bits per heavy atom. The Morgan fingerprint density at radius 1 is 1.50 bits per heavy atom. The molecule has 0 aliphatic heterocycles. The van der Waals surface area contributed by atoms with Crippen LogP contribution in [0.5, 0.6) is 0 Å². The van der Waals surface area contributed by atoms with E-state index in [2.05, 4.69) is 15.5 Å². The maximum atomic E-state index is 5.89. The summed E-state index contributed by atoms with van der Waals surface area (Å²) < 4.78 is 0.805. The van der Waals surface area contributed by atoms with Crippen molar-refractivity contribution in [2.24, 2.45) is 0 Å². The number of H-pyrrole nitrogens is 1. The van der Waals surface area contributed by atoms with E-state index < -0.39 is 0 Å². The standard InChI is InChI=1S/C9H10ClN3S/c1-11-9(6-4-5-12-13-6)7-2-3-8(10)14-7/h2-5,9,11H,1H3,(H,12,13). The molecule has 5 heteroatoms. The van der Waals surface area contributed by atoms with Crippen molar-refractivity contribution in [2.75, 3.05) is 7.05 Å². The van der Waals surface area contributed by atoms with E-state index in [-0.39, 0.29) is 6.04 Å². The van der Waals surface area contributed by atoms with Gasteiger partial charge >= 0.3 is 0 Å². The molecule has 0 amide bonds. The van der Waals surface area contributed by atoms with Gasteiger partial charge in [0.1, 0.15) is 0 Å². The van der Waals surface area contributed by atoms with Crippen LogP contribution in [0.3, 0.4) is 0 Å². The maximum absolute atomic E-state index is 5.89. The van der Waals surface area contributed by atoms with Crippen molar-refractivity contribution in [1.29, 1.82) is 0 Å². The molecule has 2 N–H and O–H groups in total. The molecule has 0 fully saturated rings. The summed E-state index contributed by atoms with van der Waals surface area (Å²) in [5, 5.41) is 10.1. The van der Waals surface area contributed by atoms with E-state index in [0.29, 0.717) is 0 Å². The lowest BCUT2D eigenvalue weighted by atomic mass is 10.2. The molecule has 0 saturated heterocycles. The number of thiophene rings is 1. The summed E-state index contributed by atoms with van der Waals surface area (Å²) in [5.41, 5.74) is 1.05. The second-order valence-electron chi connectivity index (χ2n) is 2.88. The topological polar surface area (TPSA) is 40.7 Å². The third-order valence-electron chi connectivity index (χ3n) is 2.00. The van der Waals surface area contributed by atoms with Crippen LogP contribution in [0.15, 0.2) is 24.4 Å². The van der Waals surface area contributed by atoms with Crippen molar-refractivity contribution in [3.63, 3.8) is 0 Å². The highest BCUT2D eigenvalue weighted by Crippen LogP contribution is 2.29. The van der Waals surface area contributed by atoms with Crippen LogP contribution in [0.4, 0.5) is 0 Å². The lowest BCUT2D eigenvalue weighted by Gasteiger charge is -2.11. The van der Waals surface area contributed by atoms with Crippen molar-refractivity contribution in [3.8, 4) is 0 Å².